The summed E-state index contributed by atoms with van der Waals surface area (Å²) < 4.78 is 6.82. The third-order valence-electron chi connectivity index (χ3n) is 2.69. The number of rotatable bonds is 1. The summed E-state index contributed by atoms with van der Waals surface area (Å²) in [5.74, 6) is 0.0623. The molecule has 0 spiro atoms. The molecule has 7 nitrogen and oxygen atoms in total. The first-order chi connectivity index (χ1) is 7.91. The zero-order valence-electron chi connectivity index (χ0n) is 8.95. The molecule has 17 heavy (non-hydrogen) atoms. The fourth-order valence-corrected chi connectivity index (χ4v) is 2.01. The lowest BCUT2D eigenvalue weighted by atomic mass is 10.1. The molecule has 0 bridgehead atoms. The van der Waals surface area contributed by atoms with E-state index in [9.17, 15) is 15.0 Å². The zero-order valence-corrected chi connectivity index (χ0v) is 10.5. The summed E-state index contributed by atoms with van der Waals surface area (Å²) in [5.41, 5.74) is 4.81. The van der Waals surface area contributed by atoms with Gasteiger partial charge in [-0.05, 0) is 22.9 Å². The Kier molecular flexibility index (Phi) is 3.21. The largest absolute Gasteiger partial charge is 0.388 e. The molecule has 1 fully saturated rings. The second-order valence-corrected chi connectivity index (χ2v) is 4.73. The molecule has 8 heteroatoms. The summed E-state index contributed by atoms with van der Waals surface area (Å²) in [6.45, 7) is 1.61. The molecule has 2 unspecified atom stereocenters. The van der Waals surface area contributed by atoms with Crippen LogP contribution in [0.15, 0.2) is 15.5 Å². The van der Waals surface area contributed by atoms with Gasteiger partial charge in [0.1, 0.15) is 18.0 Å². The first-order valence-corrected chi connectivity index (χ1v) is 5.77. The number of aliphatic hydroxyl groups is 2. The number of hydrogen-bond acceptors (Lipinski definition) is 6. The van der Waals surface area contributed by atoms with E-state index < -0.39 is 30.2 Å². The molecule has 0 saturated carbocycles. The highest BCUT2D eigenvalue weighted by molar-refractivity contribution is 9.10. The molecule has 0 amide bonds. The quantitative estimate of drug-likeness (QED) is 0.628. The summed E-state index contributed by atoms with van der Waals surface area (Å²) in [7, 11) is 0. The third-order valence-corrected chi connectivity index (χ3v) is 3.30. The molecule has 1 saturated heterocycles. The Morgan fingerprint density at radius 2 is 2.18 bits per heavy atom. The number of nitrogen functional groups attached to an aromatic ring is 1. The normalized spacial score (nSPS) is 32.9. The highest BCUT2D eigenvalue weighted by atomic mass is 79.9. The van der Waals surface area contributed by atoms with Crippen LogP contribution in [0.5, 0.6) is 0 Å². The molecule has 0 radical (unpaired) electrons. The summed E-state index contributed by atoms with van der Waals surface area (Å²) in [4.78, 5) is 15.2. The van der Waals surface area contributed by atoms with Gasteiger partial charge in [-0.1, -0.05) is 0 Å². The number of aromatic nitrogens is 2. The van der Waals surface area contributed by atoms with Crippen molar-refractivity contribution in [3.63, 3.8) is 0 Å². The number of aliphatic hydroxyl groups excluding tert-OH is 2. The standard InChI is InChI=1S/C9H12BrN3O4/c1-3-5(14)6(15)8(17-3)13-2-4(10)7(11)12-9(13)16/h2-3,5-6,8,14-15H,1H3,(H2,11,12,16)/t3-,5?,6?,8-/m1/s1. The predicted molar refractivity (Wildman–Crippen MR) is 62.2 cm³/mol. The van der Waals surface area contributed by atoms with Crippen LogP contribution in [0, 0.1) is 0 Å². The molecule has 2 rings (SSSR count). The highest BCUT2D eigenvalue weighted by Crippen LogP contribution is 2.28. The molecule has 2 heterocycles. The lowest BCUT2D eigenvalue weighted by molar-refractivity contribution is -0.0351. The predicted octanol–water partition coefficient (Wildman–Crippen LogP) is -0.773. The minimum atomic E-state index is -1.18. The molecule has 0 aromatic carbocycles. The summed E-state index contributed by atoms with van der Waals surface area (Å²) in [5, 5.41) is 19.3. The second-order valence-electron chi connectivity index (χ2n) is 3.88. The van der Waals surface area contributed by atoms with Crippen molar-refractivity contribution >= 4 is 21.7 Å². The molecule has 1 aromatic rings. The minimum absolute atomic E-state index is 0.0623. The van der Waals surface area contributed by atoms with Gasteiger partial charge in [-0.25, -0.2) is 4.79 Å². The zero-order chi connectivity index (χ0) is 12.7. The van der Waals surface area contributed by atoms with Crippen molar-refractivity contribution in [1.29, 1.82) is 0 Å². The average Bonchev–Trinajstić information content (AvgIpc) is 2.51. The number of hydrogen-bond donors (Lipinski definition) is 3. The van der Waals surface area contributed by atoms with Crippen molar-refractivity contribution in [2.24, 2.45) is 0 Å². The fourth-order valence-electron chi connectivity index (χ4n) is 1.70. The fraction of sp³-hybridized carbons (Fsp3) is 0.556. The van der Waals surface area contributed by atoms with Crippen molar-refractivity contribution in [1.82, 2.24) is 9.55 Å². The molecule has 4 atom stereocenters. The van der Waals surface area contributed by atoms with Crippen molar-refractivity contribution in [3.05, 3.63) is 21.2 Å². The molecule has 1 aromatic heterocycles. The van der Waals surface area contributed by atoms with Crippen molar-refractivity contribution in [2.45, 2.75) is 31.5 Å². The smallest absolute Gasteiger partial charge is 0.351 e. The summed E-state index contributed by atoms with van der Waals surface area (Å²) in [6.07, 6.45) is -2.36. The Labute approximate surface area is 105 Å². The molecule has 1 aliphatic heterocycles. The van der Waals surface area contributed by atoms with Crippen LogP contribution in [0.3, 0.4) is 0 Å². The van der Waals surface area contributed by atoms with Gasteiger partial charge >= 0.3 is 5.69 Å². The summed E-state index contributed by atoms with van der Waals surface area (Å²) in [6, 6.07) is 0. The van der Waals surface area contributed by atoms with Gasteiger partial charge in [0, 0.05) is 6.20 Å². The summed E-state index contributed by atoms with van der Waals surface area (Å²) >= 11 is 3.13. The third kappa shape index (κ3) is 2.08. The van der Waals surface area contributed by atoms with Crippen LogP contribution >= 0.6 is 15.9 Å². The monoisotopic (exact) mass is 305 g/mol. The lowest BCUT2D eigenvalue weighted by Gasteiger charge is -2.17. The van der Waals surface area contributed by atoms with Crippen LogP contribution in [-0.2, 0) is 4.74 Å². The van der Waals surface area contributed by atoms with Crippen molar-refractivity contribution in [2.75, 3.05) is 5.73 Å². The van der Waals surface area contributed by atoms with E-state index in [2.05, 4.69) is 20.9 Å². The average molecular weight is 306 g/mol. The Hall–Kier alpha value is -0.960. The van der Waals surface area contributed by atoms with Crippen LogP contribution in [0.25, 0.3) is 0 Å². The maximum absolute atomic E-state index is 11.6. The molecular weight excluding hydrogens is 294 g/mol. The minimum Gasteiger partial charge on any atom is -0.388 e. The van der Waals surface area contributed by atoms with Gasteiger partial charge in [0.2, 0.25) is 0 Å². The second kappa shape index (κ2) is 4.37. The number of ether oxygens (including phenoxy) is 1. The van der Waals surface area contributed by atoms with Crippen LogP contribution in [0.2, 0.25) is 0 Å². The molecule has 1 aliphatic rings. The van der Waals surface area contributed by atoms with Crippen LogP contribution < -0.4 is 11.4 Å². The number of nitrogens with zero attached hydrogens (tertiary/aromatic N) is 2. The highest BCUT2D eigenvalue weighted by Gasteiger charge is 2.41. The van der Waals surface area contributed by atoms with Gasteiger partial charge in [0.25, 0.3) is 0 Å². The van der Waals surface area contributed by atoms with E-state index >= 15 is 0 Å². The van der Waals surface area contributed by atoms with Gasteiger partial charge in [0.05, 0.1) is 10.6 Å². The number of nitrogens with two attached hydrogens (primary N) is 1. The van der Waals surface area contributed by atoms with E-state index in [0.29, 0.717) is 4.47 Å². The van der Waals surface area contributed by atoms with Crippen LogP contribution in [0.1, 0.15) is 13.2 Å². The van der Waals surface area contributed by atoms with E-state index in [1.807, 2.05) is 0 Å². The number of anilines is 1. The maximum Gasteiger partial charge on any atom is 0.351 e. The van der Waals surface area contributed by atoms with E-state index in [4.69, 9.17) is 10.5 Å². The van der Waals surface area contributed by atoms with E-state index in [1.54, 1.807) is 6.92 Å². The Morgan fingerprint density at radius 3 is 2.71 bits per heavy atom. The van der Waals surface area contributed by atoms with Gasteiger partial charge < -0.3 is 20.7 Å². The van der Waals surface area contributed by atoms with Crippen LogP contribution in [0.4, 0.5) is 5.82 Å². The van der Waals surface area contributed by atoms with Gasteiger partial charge in [-0.2, -0.15) is 4.98 Å². The van der Waals surface area contributed by atoms with Crippen molar-refractivity contribution in [3.8, 4) is 0 Å². The topological polar surface area (TPSA) is 111 Å². The SMILES string of the molecule is C[C@H]1O[C@@H](n2cc(Br)c(N)nc2=O)C(O)C1O. The van der Waals surface area contributed by atoms with Gasteiger partial charge in [-0.3, -0.25) is 4.57 Å². The van der Waals surface area contributed by atoms with Gasteiger partial charge in [0.15, 0.2) is 6.23 Å². The van der Waals surface area contributed by atoms with Gasteiger partial charge in [-0.15, -0.1) is 0 Å². The Bertz CT molecular complexity index is 492. The molecule has 94 valence electrons. The molecular formula is C9H12BrN3O4. The van der Waals surface area contributed by atoms with Crippen molar-refractivity contribution < 1.29 is 14.9 Å². The first-order valence-electron chi connectivity index (χ1n) is 4.97. The number of halogens is 1. The molecule has 4 N–H and O–H groups in total. The first kappa shape index (κ1) is 12.5. The van der Waals surface area contributed by atoms with E-state index in [-0.39, 0.29) is 5.82 Å². The Balaban J connectivity index is 2.42. The lowest BCUT2D eigenvalue weighted by Crippen LogP contribution is -2.35. The van der Waals surface area contributed by atoms with E-state index in [1.165, 1.54) is 6.20 Å². The molecule has 0 aliphatic carbocycles. The van der Waals surface area contributed by atoms with E-state index in [0.717, 1.165) is 4.57 Å². The van der Waals surface area contributed by atoms with Crippen LogP contribution in [-0.4, -0.2) is 38.1 Å². The Morgan fingerprint density at radius 1 is 1.53 bits per heavy atom. The maximum atomic E-state index is 11.6.